The standard InChI is InChI=1S/C21H19F2N3O/c22-13-16-5-3-15(4-6-16)12-21(27)25-11-1-2-19-20(25)14-24-26(19)18-9-7-17(23)8-10-18/h3-10,14H,1-2,11-13H2. The van der Waals surface area contributed by atoms with E-state index in [1.54, 1.807) is 52.2 Å². The Morgan fingerprint density at radius 1 is 1.04 bits per heavy atom. The summed E-state index contributed by atoms with van der Waals surface area (Å²) in [5.41, 5.74) is 3.99. The van der Waals surface area contributed by atoms with Gasteiger partial charge in [0, 0.05) is 6.54 Å². The number of hydrogen-bond acceptors (Lipinski definition) is 2. The Hall–Kier alpha value is -3.02. The van der Waals surface area contributed by atoms with Crippen LogP contribution in [0.1, 0.15) is 23.2 Å². The molecule has 27 heavy (non-hydrogen) atoms. The molecule has 0 unspecified atom stereocenters. The summed E-state index contributed by atoms with van der Waals surface area (Å²) in [6.45, 7) is 0.135. The number of alkyl halides is 1. The fraction of sp³-hybridized carbons (Fsp3) is 0.238. The van der Waals surface area contributed by atoms with Crippen molar-refractivity contribution in [1.29, 1.82) is 0 Å². The lowest BCUT2D eigenvalue weighted by molar-refractivity contribution is -0.118. The highest BCUT2D eigenvalue weighted by atomic mass is 19.1. The number of halogens is 2. The molecule has 0 bridgehead atoms. The number of carbonyl (C=O) groups excluding carboxylic acids is 1. The Kier molecular flexibility index (Phi) is 4.71. The van der Waals surface area contributed by atoms with Gasteiger partial charge in [-0.25, -0.2) is 13.5 Å². The van der Waals surface area contributed by atoms with E-state index in [9.17, 15) is 13.6 Å². The first kappa shape index (κ1) is 17.4. The van der Waals surface area contributed by atoms with E-state index in [4.69, 9.17) is 0 Å². The summed E-state index contributed by atoms with van der Waals surface area (Å²) in [6.07, 6.45) is 3.60. The van der Waals surface area contributed by atoms with Crippen LogP contribution < -0.4 is 4.90 Å². The molecular formula is C21H19F2N3O. The van der Waals surface area contributed by atoms with Crippen molar-refractivity contribution < 1.29 is 13.6 Å². The van der Waals surface area contributed by atoms with E-state index in [0.717, 1.165) is 35.5 Å². The molecule has 3 aromatic rings. The van der Waals surface area contributed by atoms with Crippen LogP contribution >= 0.6 is 0 Å². The zero-order valence-electron chi connectivity index (χ0n) is 14.7. The van der Waals surface area contributed by atoms with Crippen molar-refractivity contribution in [3.63, 3.8) is 0 Å². The molecule has 1 aromatic heterocycles. The Morgan fingerprint density at radius 3 is 2.44 bits per heavy atom. The quantitative estimate of drug-likeness (QED) is 0.699. The first-order valence-electron chi connectivity index (χ1n) is 8.92. The van der Waals surface area contributed by atoms with Crippen LogP contribution in [0.25, 0.3) is 5.69 Å². The summed E-state index contributed by atoms with van der Waals surface area (Å²) >= 11 is 0. The maximum Gasteiger partial charge on any atom is 0.231 e. The van der Waals surface area contributed by atoms with Crippen LogP contribution in [0.4, 0.5) is 14.5 Å². The molecule has 2 heterocycles. The zero-order valence-corrected chi connectivity index (χ0v) is 14.7. The van der Waals surface area contributed by atoms with E-state index in [1.807, 2.05) is 0 Å². The van der Waals surface area contributed by atoms with E-state index in [0.29, 0.717) is 12.1 Å². The lowest BCUT2D eigenvalue weighted by Gasteiger charge is -2.27. The lowest BCUT2D eigenvalue weighted by atomic mass is 10.1. The molecular weight excluding hydrogens is 348 g/mol. The fourth-order valence-electron chi connectivity index (χ4n) is 3.43. The Bertz CT molecular complexity index is 949. The van der Waals surface area contributed by atoms with Gasteiger partial charge in [-0.05, 0) is 48.2 Å². The second-order valence-corrected chi connectivity index (χ2v) is 6.64. The molecule has 0 aliphatic carbocycles. The highest BCUT2D eigenvalue weighted by molar-refractivity contribution is 5.95. The maximum atomic E-state index is 13.2. The third-order valence-corrected chi connectivity index (χ3v) is 4.84. The van der Waals surface area contributed by atoms with Gasteiger partial charge >= 0.3 is 0 Å². The normalized spacial score (nSPS) is 13.5. The minimum absolute atomic E-state index is 0.0115. The van der Waals surface area contributed by atoms with Crippen molar-refractivity contribution in [1.82, 2.24) is 9.78 Å². The maximum absolute atomic E-state index is 13.2. The van der Waals surface area contributed by atoms with E-state index < -0.39 is 6.67 Å². The first-order chi connectivity index (χ1) is 13.2. The number of rotatable bonds is 4. The van der Waals surface area contributed by atoms with E-state index >= 15 is 0 Å². The van der Waals surface area contributed by atoms with E-state index in [1.165, 1.54) is 12.1 Å². The first-order valence-corrected chi connectivity index (χ1v) is 8.92. The Balaban J connectivity index is 1.57. The summed E-state index contributed by atoms with van der Waals surface area (Å²) in [4.78, 5) is 14.6. The third kappa shape index (κ3) is 3.47. The monoisotopic (exact) mass is 367 g/mol. The van der Waals surface area contributed by atoms with Gasteiger partial charge in [0.15, 0.2) is 0 Å². The molecule has 1 amide bonds. The predicted molar refractivity (Wildman–Crippen MR) is 99.2 cm³/mol. The van der Waals surface area contributed by atoms with Gasteiger partial charge in [-0.1, -0.05) is 24.3 Å². The molecule has 0 saturated heterocycles. The molecule has 1 aliphatic heterocycles. The number of anilines is 1. The molecule has 2 aromatic carbocycles. The topological polar surface area (TPSA) is 38.1 Å². The van der Waals surface area contributed by atoms with Crippen molar-refractivity contribution in [2.24, 2.45) is 0 Å². The number of benzene rings is 2. The molecule has 0 fully saturated rings. The average Bonchev–Trinajstić information content (AvgIpc) is 3.13. The minimum atomic E-state index is -0.508. The summed E-state index contributed by atoms with van der Waals surface area (Å²) in [6, 6.07) is 13.1. The van der Waals surface area contributed by atoms with Crippen LogP contribution in [-0.2, 0) is 24.3 Å². The van der Waals surface area contributed by atoms with E-state index in [2.05, 4.69) is 5.10 Å². The Labute approximate surface area is 156 Å². The summed E-state index contributed by atoms with van der Waals surface area (Å²) in [5.74, 6) is -0.307. The van der Waals surface area contributed by atoms with Crippen LogP contribution in [-0.4, -0.2) is 22.2 Å². The van der Waals surface area contributed by atoms with Crippen molar-refractivity contribution >= 4 is 11.6 Å². The van der Waals surface area contributed by atoms with Gasteiger partial charge < -0.3 is 4.90 Å². The fourth-order valence-corrected chi connectivity index (χ4v) is 3.43. The SMILES string of the molecule is O=C(Cc1ccc(CF)cc1)N1CCCc2c1cnn2-c1ccc(F)cc1. The van der Waals surface area contributed by atoms with Gasteiger partial charge in [-0.3, -0.25) is 4.79 Å². The molecule has 1 aliphatic rings. The molecule has 0 saturated carbocycles. The predicted octanol–water partition coefficient (Wildman–Crippen LogP) is 4.00. The number of nitrogens with zero attached hydrogens (tertiary/aromatic N) is 3. The van der Waals surface area contributed by atoms with Crippen LogP contribution in [0.2, 0.25) is 0 Å². The smallest absolute Gasteiger partial charge is 0.231 e. The lowest BCUT2D eigenvalue weighted by Crippen LogP contribution is -2.36. The summed E-state index contributed by atoms with van der Waals surface area (Å²) in [5, 5.41) is 4.42. The molecule has 138 valence electrons. The van der Waals surface area contributed by atoms with Gasteiger partial charge in [-0.2, -0.15) is 5.10 Å². The van der Waals surface area contributed by atoms with Crippen molar-refractivity contribution in [2.45, 2.75) is 25.9 Å². The van der Waals surface area contributed by atoms with Crippen LogP contribution in [0.3, 0.4) is 0 Å². The van der Waals surface area contributed by atoms with Crippen LogP contribution in [0, 0.1) is 5.82 Å². The highest BCUT2D eigenvalue weighted by Crippen LogP contribution is 2.29. The van der Waals surface area contributed by atoms with Crippen molar-refractivity contribution in [3.8, 4) is 5.69 Å². The van der Waals surface area contributed by atoms with Crippen LogP contribution in [0.5, 0.6) is 0 Å². The largest absolute Gasteiger partial charge is 0.309 e. The number of amides is 1. The second-order valence-electron chi connectivity index (χ2n) is 6.64. The Morgan fingerprint density at radius 2 is 1.74 bits per heavy atom. The van der Waals surface area contributed by atoms with Gasteiger partial charge in [0.1, 0.15) is 12.5 Å². The van der Waals surface area contributed by atoms with Gasteiger partial charge in [0.2, 0.25) is 5.91 Å². The minimum Gasteiger partial charge on any atom is -0.309 e. The molecule has 0 atom stereocenters. The zero-order chi connectivity index (χ0) is 18.8. The molecule has 4 nitrogen and oxygen atoms in total. The number of fused-ring (bicyclic) bond motifs is 1. The number of hydrogen-bond donors (Lipinski definition) is 0. The number of aromatic nitrogens is 2. The molecule has 4 rings (SSSR count). The summed E-state index contributed by atoms with van der Waals surface area (Å²) in [7, 11) is 0. The molecule has 0 N–H and O–H groups in total. The van der Waals surface area contributed by atoms with Crippen LogP contribution in [0.15, 0.2) is 54.7 Å². The highest BCUT2D eigenvalue weighted by Gasteiger charge is 2.26. The van der Waals surface area contributed by atoms with Crippen molar-refractivity contribution in [2.75, 3.05) is 11.4 Å². The molecule has 6 heteroatoms. The van der Waals surface area contributed by atoms with E-state index in [-0.39, 0.29) is 18.1 Å². The molecule has 0 radical (unpaired) electrons. The summed E-state index contributed by atoms with van der Waals surface area (Å²) < 4.78 is 27.6. The van der Waals surface area contributed by atoms with Gasteiger partial charge in [0.25, 0.3) is 0 Å². The third-order valence-electron chi connectivity index (χ3n) is 4.84. The number of carbonyl (C=O) groups is 1. The second kappa shape index (κ2) is 7.31. The average molecular weight is 367 g/mol. The van der Waals surface area contributed by atoms with Gasteiger partial charge in [0.05, 0.1) is 29.7 Å². The van der Waals surface area contributed by atoms with Gasteiger partial charge in [-0.15, -0.1) is 0 Å². The van der Waals surface area contributed by atoms with Crippen molar-refractivity contribution in [3.05, 3.63) is 77.4 Å². The molecule has 0 spiro atoms.